The molecule has 0 bridgehead atoms. The Morgan fingerprint density at radius 2 is 2.08 bits per heavy atom. The number of hydrogen-bond acceptors (Lipinski definition) is 5. The number of halogens is 2. The third kappa shape index (κ3) is 3.20. The Balaban J connectivity index is 1.57. The number of aliphatic hydroxyl groups is 1. The van der Waals surface area contributed by atoms with Crippen molar-refractivity contribution in [2.24, 2.45) is 0 Å². The van der Waals surface area contributed by atoms with E-state index in [2.05, 4.69) is 5.16 Å². The molecule has 0 aliphatic carbocycles. The van der Waals surface area contributed by atoms with Gasteiger partial charge in [0, 0.05) is 30.8 Å². The second kappa shape index (κ2) is 6.42. The summed E-state index contributed by atoms with van der Waals surface area (Å²) in [4.78, 5) is 1.87. The van der Waals surface area contributed by atoms with E-state index in [4.69, 9.17) is 8.94 Å². The van der Waals surface area contributed by atoms with Gasteiger partial charge in [0.1, 0.15) is 11.6 Å². The van der Waals surface area contributed by atoms with Gasteiger partial charge in [-0.05, 0) is 36.8 Å². The lowest BCUT2D eigenvalue weighted by Gasteiger charge is -2.23. The van der Waals surface area contributed by atoms with Gasteiger partial charge in [-0.1, -0.05) is 5.16 Å². The highest BCUT2D eigenvalue weighted by Crippen LogP contribution is 2.35. The lowest BCUT2D eigenvalue weighted by Crippen LogP contribution is -2.25. The molecule has 4 rings (SSSR count). The number of rotatable bonds is 4. The van der Waals surface area contributed by atoms with Crippen LogP contribution in [0.25, 0.3) is 11.5 Å². The SMILES string of the molecule is O[C@@H]1C[C@H](c2cc(F)ccc2F)N(Cc2cc(-c3ccco3)on2)C1. The molecular weight excluding hydrogens is 330 g/mol. The molecule has 0 radical (unpaired) electrons. The quantitative estimate of drug-likeness (QED) is 0.783. The molecule has 0 saturated carbocycles. The number of furan rings is 1. The van der Waals surface area contributed by atoms with Gasteiger partial charge in [-0.25, -0.2) is 8.78 Å². The zero-order valence-electron chi connectivity index (χ0n) is 13.2. The van der Waals surface area contributed by atoms with Crippen LogP contribution in [0.2, 0.25) is 0 Å². The third-order valence-corrected chi connectivity index (χ3v) is 4.39. The predicted molar refractivity (Wildman–Crippen MR) is 84.3 cm³/mol. The molecule has 1 saturated heterocycles. The van der Waals surface area contributed by atoms with E-state index in [0.717, 1.165) is 12.1 Å². The smallest absolute Gasteiger partial charge is 0.202 e. The molecule has 0 unspecified atom stereocenters. The van der Waals surface area contributed by atoms with Crippen LogP contribution < -0.4 is 0 Å². The van der Waals surface area contributed by atoms with Crippen molar-refractivity contribution in [3.8, 4) is 11.5 Å². The lowest BCUT2D eigenvalue weighted by atomic mass is 10.0. The monoisotopic (exact) mass is 346 g/mol. The van der Waals surface area contributed by atoms with Gasteiger partial charge < -0.3 is 14.0 Å². The summed E-state index contributed by atoms with van der Waals surface area (Å²) in [5.41, 5.74) is 0.869. The maximum Gasteiger partial charge on any atom is 0.202 e. The van der Waals surface area contributed by atoms with Crippen LogP contribution in [0.4, 0.5) is 8.78 Å². The first-order chi connectivity index (χ1) is 12.1. The molecule has 7 heteroatoms. The highest BCUT2D eigenvalue weighted by atomic mass is 19.1. The van der Waals surface area contributed by atoms with Crippen LogP contribution in [0.3, 0.4) is 0 Å². The molecule has 3 aromatic rings. The number of benzene rings is 1. The first-order valence-electron chi connectivity index (χ1n) is 7.96. The number of hydrogen-bond donors (Lipinski definition) is 1. The fraction of sp³-hybridized carbons (Fsp3) is 0.278. The molecule has 2 aromatic heterocycles. The second-order valence-electron chi connectivity index (χ2n) is 6.16. The van der Waals surface area contributed by atoms with Crippen molar-refractivity contribution in [2.75, 3.05) is 6.54 Å². The van der Waals surface area contributed by atoms with Crippen LogP contribution in [0.5, 0.6) is 0 Å². The Morgan fingerprint density at radius 1 is 1.20 bits per heavy atom. The molecule has 3 heterocycles. The van der Waals surface area contributed by atoms with Crippen LogP contribution in [0.1, 0.15) is 23.7 Å². The molecule has 1 aliphatic rings. The van der Waals surface area contributed by atoms with Crippen LogP contribution >= 0.6 is 0 Å². The van der Waals surface area contributed by atoms with E-state index < -0.39 is 23.8 Å². The largest absolute Gasteiger partial charge is 0.461 e. The average Bonchev–Trinajstić information content (AvgIpc) is 3.30. The number of aromatic nitrogens is 1. The van der Waals surface area contributed by atoms with Gasteiger partial charge in [0.15, 0.2) is 5.76 Å². The van der Waals surface area contributed by atoms with Crippen LogP contribution in [0.15, 0.2) is 51.6 Å². The standard InChI is InChI=1S/C18H16F2N2O3/c19-11-3-4-15(20)14(6-11)16-8-13(23)10-22(16)9-12-7-18(25-21-12)17-2-1-5-24-17/h1-7,13,16,23H,8-10H2/t13-,16-/m1/s1. The Labute approximate surface area is 142 Å². The Bertz CT molecular complexity index is 863. The van der Waals surface area contributed by atoms with Gasteiger partial charge in [-0.2, -0.15) is 0 Å². The normalized spacial score (nSPS) is 21.1. The summed E-state index contributed by atoms with van der Waals surface area (Å²) < 4.78 is 38.2. The molecule has 1 aromatic carbocycles. The molecule has 0 amide bonds. The van der Waals surface area contributed by atoms with E-state index in [0.29, 0.717) is 36.7 Å². The van der Waals surface area contributed by atoms with E-state index in [1.54, 1.807) is 18.2 Å². The predicted octanol–water partition coefficient (Wildman–Crippen LogP) is 3.52. The van der Waals surface area contributed by atoms with Gasteiger partial charge in [0.25, 0.3) is 0 Å². The Hall–Kier alpha value is -2.51. The zero-order chi connectivity index (χ0) is 17.4. The molecular formula is C18H16F2N2O3. The van der Waals surface area contributed by atoms with E-state index in [1.807, 2.05) is 4.90 Å². The molecule has 0 spiro atoms. The van der Waals surface area contributed by atoms with Gasteiger partial charge >= 0.3 is 0 Å². The van der Waals surface area contributed by atoms with Crippen LogP contribution in [-0.2, 0) is 6.54 Å². The van der Waals surface area contributed by atoms with Crippen molar-refractivity contribution in [3.63, 3.8) is 0 Å². The Kier molecular flexibility index (Phi) is 4.10. The Morgan fingerprint density at radius 3 is 2.88 bits per heavy atom. The fourth-order valence-corrected chi connectivity index (χ4v) is 3.28. The lowest BCUT2D eigenvalue weighted by molar-refractivity contribution is 0.171. The average molecular weight is 346 g/mol. The third-order valence-electron chi connectivity index (χ3n) is 4.39. The van der Waals surface area contributed by atoms with Crippen LogP contribution in [-0.4, -0.2) is 27.8 Å². The summed E-state index contributed by atoms with van der Waals surface area (Å²) in [5, 5.41) is 14.0. The second-order valence-corrected chi connectivity index (χ2v) is 6.16. The molecule has 5 nitrogen and oxygen atoms in total. The summed E-state index contributed by atoms with van der Waals surface area (Å²) in [7, 11) is 0. The van der Waals surface area contributed by atoms with Crippen molar-refractivity contribution in [3.05, 3.63) is 65.6 Å². The van der Waals surface area contributed by atoms with E-state index in [1.165, 1.54) is 12.3 Å². The summed E-state index contributed by atoms with van der Waals surface area (Å²) in [6, 6.07) is 8.20. The highest BCUT2D eigenvalue weighted by Gasteiger charge is 2.34. The van der Waals surface area contributed by atoms with Crippen molar-refractivity contribution in [1.82, 2.24) is 10.1 Å². The number of aliphatic hydroxyl groups excluding tert-OH is 1. The number of nitrogens with zero attached hydrogens (tertiary/aromatic N) is 2. The summed E-state index contributed by atoms with van der Waals surface area (Å²) >= 11 is 0. The molecule has 25 heavy (non-hydrogen) atoms. The number of likely N-dealkylation sites (tertiary alicyclic amines) is 1. The van der Waals surface area contributed by atoms with Crippen molar-refractivity contribution < 1.29 is 22.8 Å². The summed E-state index contributed by atoms with van der Waals surface area (Å²) in [6.45, 7) is 0.700. The minimum absolute atomic E-state index is 0.242. The van der Waals surface area contributed by atoms with Gasteiger partial charge in [-0.3, -0.25) is 4.90 Å². The molecule has 1 aliphatic heterocycles. The van der Waals surface area contributed by atoms with Gasteiger partial charge in [-0.15, -0.1) is 0 Å². The van der Waals surface area contributed by atoms with Crippen LogP contribution in [0, 0.1) is 11.6 Å². The topological polar surface area (TPSA) is 62.6 Å². The highest BCUT2D eigenvalue weighted by molar-refractivity contribution is 5.49. The van der Waals surface area contributed by atoms with Gasteiger partial charge in [0.2, 0.25) is 5.76 Å². The van der Waals surface area contributed by atoms with Crippen molar-refractivity contribution in [1.29, 1.82) is 0 Å². The molecule has 130 valence electrons. The molecule has 1 N–H and O–H groups in total. The minimum Gasteiger partial charge on any atom is -0.461 e. The van der Waals surface area contributed by atoms with Gasteiger partial charge in [0.05, 0.1) is 18.1 Å². The summed E-state index contributed by atoms with van der Waals surface area (Å²) in [5.74, 6) is 0.0716. The van der Waals surface area contributed by atoms with E-state index >= 15 is 0 Å². The first-order valence-corrected chi connectivity index (χ1v) is 7.96. The molecule has 1 fully saturated rings. The maximum atomic E-state index is 14.1. The van der Waals surface area contributed by atoms with E-state index in [9.17, 15) is 13.9 Å². The van der Waals surface area contributed by atoms with Crippen molar-refractivity contribution in [2.45, 2.75) is 25.1 Å². The fourth-order valence-electron chi connectivity index (χ4n) is 3.28. The van der Waals surface area contributed by atoms with E-state index in [-0.39, 0.29) is 5.56 Å². The zero-order valence-corrected chi connectivity index (χ0v) is 13.2. The maximum absolute atomic E-state index is 14.1. The summed E-state index contributed by atoms with van der Waals surface area (Å²) in [6.07, 6.45) is 1.27. The minimum atomic E-state index is -0.607. The number of β-amino-alcohol motifs (C(OH)–C–C–N with tert-alkyl or cyclic N) is 1. The molecule has 2 atom stereocenters. The first kappa shape index (κ1) is 16.0. The van der Waals surface area contributed by atoms with Crippen molar-refractivity contribution >= 4 is 0 Å².